The molecule has 1 atom stereocenters. The third-order valence-corrected chi connectivity index (χ3v) is 2.96. The van der Waals surface area contributed by atoms with Crippen molar-refractivity contribution >= 4 is 17.7 Å². The molecule has 0 spiro atoms. The molecule has 0 saturated carbocycles. The quantitative estimate of drug-likeness (QED) is 0.739. The Hall–Kier alpha value is -1.00. The number of carbonyl (C=O) groups is 1. The van der Waals surface area contributed by atoms with Crippen LogP contribution in [0.4, 0.5) is 0 Å². The van der Waals surface area contributed by atoms with Crippen LogP contribution in [0, 0.1) is 0 Å². The summed E-state index contributed by atoms with van der Waals surface area (Å²) in [6, 6.07) is 8.85. The minimum Gasteiger partial charge on any atom is -0.354 e. The predicted octanol–water partition coefficient (Wildman–Crippen LogP) is 1.56. The molecule has 1 aromatic carbocycles. The fraction of sp³-hybridized carbons (Fsp3) is 0.417. The van der Waals surface area contributed by atoms with E-state index in [2.05, 4.69) is 11.6 Å². The first-order valence-corrected chi connectivity index (χ1v) is 6.72. The smallest absolute Gasteiger partial charge is 0.241 e. The van der Waals surface area contributed by atoms with Gasteiger partial charge in [-0.05, 0) is 24.0 Å². The van der Waals surface area contributed by atoms with Crippen LogP contribution in [0.1, 0.15) is 18.0 Å². The molecule has 3 nitrogen and oxygen atoms in total. The summed E-state index contributed by atoms with van der Waals surface area (Å²) in [4.78, 5) is 11.7. The van der Waals surface area contributed by atoms with Crippen molar-refractivity contribution in [3.05, 3.63) is 35.9 Å². The lowest BCUT2D eigenvalue weighted by Gasteiger charge is -2.12. The van der Waals surface area contributed by atoms with Crippen LogP contribution in [0.25, 0.3) is 0 Å². The lowest BCUT2D eigenvalue weighted by Crippen LogP contribution is -2.34. The van der Waals surface area contributed by atoms with E-state index in [1.165, 1.54) is 0 Å². The van der Waals surface area contributed by atoms with Gasteiger partial charge in [-0.25, -0.2) is 0 Å². The maximum Gasteiger partial charge on any atom is 0.241 e. The van der Waals surface area contributed by atoms with Gasteiger partial charge >= 0.3 is 0 Å². The van der Waals surface area contributed by atoms with Crippen LogP contribution in [-0.4, -0.2) is 24.5 Å². The molecule has 1 aromatic rings. The van der Waals surface area contributed by atoms with Crippen molar-refractivity contribution in [2.45, 2.75) is 12.5 Å². The summed E-state index contributed by atoms with van der Waals surface area (Å²) in [6.45, 7) is 0.695. The molecular formula is C12H18N2OS. The van der Waals surface area contributed by atoms with Crippen molar-refractivity contribution in [2.75, 3.05) is 18.6 Å². The van der Waals surface area contributed by atoms with E-state index in [0.29, 0.717) is 6.54 Å². The molecule has 16 heavy (non-hydrogen) atoms. The van der Waals surface area contributed by atoms with Gasteiger partial charge in [0, 0.05) is 6.54 Å². The number of thioether (sulfide) groups is 1. The van der Waals surface area contributed by atoms with Crippen molar-refractivity contribution in [3.8, 4) is 0 Å². The fourth-order valence-corrected chi connectivity index (χ4v) is 1.78. The highest BCUT2D eigenvalue weighted by Crippen LogP contribution is 2.09. The van der Waals surface area contributed by atoms with Gasteiger partial charge in [0.1, 0.15) is 6.04 Å². The van der Waals surface area contributed by atoms with E-state index in [-0.39, 0.29) is 5.91 Å². The molecule has 1 rings (SSSR count). The van der Waals surface area contributed by atoms with Gasteiger partial charge in [0.05, 0.1) is 0 Å². The normalized spacial score (nSPS) is 12.1. The Kier molecular flexibility index (Phi) is 5.96. The van der Waals surface area contributed by atoms with Crippen molar-refractivity contribution in [1.29, 1.82) is 0 Å². The molecule has 0 aliphatic rings. The second kappa shape index (κ2) is 7.30. The Morgan fingerprint density at radius 1 is 1.44 bits per heavy atom. The predicted molar refractivity (Wildman–Crippen MR) is 69.4 cm³/mol. The maximum atomic E-state index is 11.7. The molecule has 0 aliphatic carbocycles. The van der Waals surface area contributed by atoms with Gasteiger partial charge in [-0.15, -0.1) is 0 Å². The average molecular weight is 238 g/mol. The monoisotopic (exact) mass is 238 g/mol. The minimum atomic E-state index is -0.560. The molecule has 0 saturated heterocycles. The summed E-state index contributed by atoms with van der Waals surface area (Å²) < 4.78 is 0. The molecule has 0 aliphatic heterocycles. The molecule has 1 amide bonds. The third kappa shape index (κ3) is 4.24. The third-order valence-electron chi connectivity index (χ3n) is 2.27. The summed E-state index contributed by atoms with van der Waals surface area (Å²) in [6.07, 6.45) is 3.03. The second-order valence-electron chi connectivity index (χ2n) is 3.53. The number of hydrogen-bond acceptors (Lipinski definition) is 3. The zero-order chi connectivity index (χ0) is 11.8. The van der Waals surface area contributed by atoms with E-state index < -0.39 is 6.04 Å². The van der Waals surface area contributed by atoms with Gasteiger partial charge in [0.25, 0.3) is 0 Å². The Labute approximate surface area is 101 Å². The number of nitrogens with one attached hydrogen (secondary N) is 1. The van der Waals surface area contributed by atoms with Crippen molar-refractivity contribution < 1.29 is 4.79 Å². The number of nitrogens with two attached hydrogens (primary N) is 1. The van der Waals surface area contributed by atoms with Gasteiger partial charge in [-0.2, -0.15) is 11.8 Å². The van der Waals surface area contributed by atoms with Crippen molar-refractivity contribution in [3.63, 3.8) is 0 Å². The second-order valence-corrected chi connectivity index (χ2v) is 4.51. The molecule has 0 fully saturated rings. The topological polar surface area (TPSA) is 55.1 Å². The summed E-state index contributed by atoms with van der Waals surface area (Å²) in [7, 11) is 0. The Morgan fingerprint density at radius 2 is 2.12 bits per heavy atom. The van der Waals surface area contributed by atoms with Crippen molar-refractivity contribution in [2.24, 2.45) is 5.73 Å². The molecule has 3 N–H and O–H groups in total. The van der Waals surface area contributed by atoms with Gasteiger partial charge in [0.2, 0.25) is 5.91 Å². The van der Waals surface area contributed by atoms with E-state index in [4.69, 9.17) is 5.73 Å². The zero-order valence-corrected chi connectivity index (χ0v) is 10.3. The van der Waals surface area contributed by atoms with Crippen LogP contribution in [-0.2, 0) is 4.79 Å². The molecular weight excluding hydrogens is 220 g/mol. The van der Waals surface area contributed by atoms with Gasteiger partial charge in [-0.3, -0.25) is 4.79 Å². The van der Waals surface area contributed by atoms with E-state index >= 15 is 0 Å². The SMILES string of the molecule is CSCCCNC(=O)[C@H](N)c1ccccc1. The zero-order valence-electron chi connectivity index (χ0n) is 9.48. The number of benzene rings is 1. The maximum absolute atomic E-state index is 11.7. The molecule has 4 heteroatoms. The standard InChI is InChI=1S/C12H18N2OS/c1-16-9-5-8-14-12(15)11(13)10-6-3-2-4-7-10/h2-4,6-7,11H,5,8-9,13H2,1H3,(H,14,15)/t11-/m1/s1. The molecule has 0 aromatic heterocycles. The summed E-state index contributed by atoms with van der Waals surface area (Å²) in [5.74, 6) is 0.952. The highest BCUT2D eigenvalue weighted by molar-refractivity contribution is 7.98. The lowest BCUT2D eigenvalue weighted by atomic mass is 10.1. The first-order valence-electron chi connectivity index (χ1n) is 5.33. The Balaban J connectivity index is 2.37. The lowest BCUT2D eigenvalue weighted by molar-refractivity contribution is -0.122. The molecule has 88 valence electrons. The molecule has 0 heterocycles. The summed E-state index contributed by atoms with van der Waals surface area (Å²) in [5.41, 5.74) is 6.69. The highest BCUT2D eigenvalue weighted by atomic mass is 32.2. The van der Waals surface area contributed by atoms with Crippen molar-refractivity contribution in [1.82, 2.24) is 5.32 Å². The van der Waals surface area contributed by atoms with Crippen LogP contribution < -0.4 is 11.1 Å². The highest BCUT2D eigenvalue weighted by Gasteiger charge is 2.13. The number of hydrogen-bond donors (Lipinski definition) is 2. The van der Waals surface area contributed by atoms with Crippen LogP contribution in [0.15, 0.2) is 30.3 Å². The fourth-order valence-electron chi connectivity index (χ4n) is 1.35. The van der Waals surface area contributed by atoms with Crippen LogP contribution in [0.5, 0.6) is 0 Å². The minimum absolute atomic E-state index is 0.104. The van der Waals surface area contributed by atoms with E-state index in [1.54, 1.807) is 11.8 Å². The number of amides is 1. The van der Waals surface area contributed by atoms with Gasteiger partial charge < -0.3 is 11.1 Å². The van der Waals surface area contributed by atoms with E-state index in [1.807, 2.05) is 30.3 Å². The van der Waals surface area contributed by atoms with Crippen LogP contribution >= 0.6 is 11.8 Å². The molecule has 0 unspecified atom stereocenters. The average Bonchev–Trinajstić information content (AvgIpc) is 2.34. The first kappa shape index (κ1) is 13.1. The van der Waals surface area contributed by atoms with Crippen LogP contribution in [0.3, 0.4) is 0 Å². The summed E-state index contributed by atoms with van der Waals surface area (Å²) >= 11 is 1.78. The number of rotatable bonds is 6. The first-order chi connectivity index (χ1) is 7.75. The van der Waals surface area contributed by atoms with Gasteiger partial charge in [-0.1, -0.05) is 30.3 Å². The van der Waals surface area contributed by atoms with Gasteiger partial charge in [0.15, 0.2) is 0 Å². The van der Waals surface area contributed by atoms with E-state index in [0.717, 1.165) is 17.7 Å². The van der Waals surface area contributed by atoms with Crippen LogP contribution in [0.2, 0.25) is 0 Å². The summed E-state index contributed by atoms with van der Waals surface area (Å²) in [5, 5.41) is 2.84. The largest absolute Gasteiger partial charge is 0.354 e. The molecule has 0 bridgehead atoms. The Bertz CT molecular complexity index is 316. The molecule has 0 radical (unpaired) electrons. The number of carbonyl (C=O) groups excluding carboxylic acids is 1. The Morgan fingerprint density at radius 3 is 2.75 bits per heavy atom. The van der Waals surface area contributed by atoms with E-state index in [9.17, 15) is 4.79 Å².